The molecule has 49 heavy (non-hydrogen) atoms. The topological polar surface area (TPSA) is 109 Å². The van der Waals surface area contributed by atoms with Gasteiger partial charge in [0, 0.05) is 52.9 Å². The first-order chi connectivity index (χ1) is 23.9. The van der Waals surface area contributed by atoms with Gasteiger partial charge in [-0.3, -0.25) is 19.2 Å². The van der Waals surface area contributed by atoms with Crippen molar-refractivity contribution in [2.24, 2.45) is 0 Å². The SMILES string of the molecule is O=C1C=CC(=O)N1c1cccc(Oc2ccc(-c3[nH]c4ccccc4c3-c3ccc(Oc4cccc(N5C(=O)C=CC5=O)c4)cc3)cc2)c1. The van der Waals surface area contributed by atoms with E-state index < -0.39 is 0 Å². The molecule has 0 saturated carbocycles. The summed E-state index contributed by atoms with van der Waals surface area (Å²) in [6.45, 7) is 0. The molecule has 0 aliphatic carbocycles. The predicted octanol–water partition coefficient (Wildman–Crippen LogP) is 7.95. The van der Waals surface area contributed by atoms with Crippen molar-refractivity contribution in [2.45, 2.75) is 0 Å². The number of fused-ring (bicyclic) bond motifs is 1. The molecular formula is C40H25N3O6. The zero-order chi connectivity index (χ0) is 33.5. The highest BCUT2D eigenvalue weighted by atomic mass is 16.5. The minimum atomic E-state index is -0.388. The number of ether oxygens (including phenoxy) is 2. The Labute approximate surface area is 279 Å². The van der Waals surface area contributed by atoms with Crippen LogP contribution in [-0.2, 0) is 19.2 Å². The maximum absolute atomic E-state index is 12.1. The van der Waals surface area contributed by atoms with E-state index in [1.165, 1.54) is 24.3 Å². The molecule has 2 aliphatic heterocycles. The number of benzene rings is 5. The largest absolute Gasteiger partial charge is 0.457 e. The monoisotopic (exact) mass is 643 g/mol. The van der Waals surface area contributed by atoms with Crippen LogP contribution in [0.15, 0.2) is 146 Å². The van der Waals surface area contributed by atoms with E-state index >= 15 is 0 Å². The van der Waals surface area contributed by atoms with Gasteiger partial charge in [0.2, 0.25) is 0 Å². The maximum Gasteiger partial charge on any atom is 0.258 e. The van der Waals surface area contributed by atoms with Crippen molar-refractivity contribution in [3.05, 3.63) is 146 Å². The minimum absolute atomic E-state index is 0.388. The molecule has 1 N–H and O–H groups in total. The summed E-state index contributed by atoms with van der Waals surface area (Å²) in [5.74, 6) is 0.628. The molecule has 2 aliphatic rings. The number of imide groups is 2. The Balaban J connectivity index is 1.04. The molecule has 0 bridgehead atoms. The number of nitrogens with zero attached hydrogens (tertiary/aromatic N) is 2. The Kier molecular flexibility index (Phi) is 7.19. The normalized spacial score (nSPS) is 14.0. The standard InChI is InChI=1S/C40H25N3O6/c44-35-19-20-36(45)42(35)27-5-3-7-31(23-27)48-29-15-11-25(12-16-29)39-33-9-1-2-10-34(33)41-40(39)26-13-17-30(18-14-26)49-32-8-4-6-28(24-32)43-37(46)21-22-38(43)47/h1-24,41H. The van der Waals surface area contributed by atoms with E-state index in [1.807, 2.05) is 66.7 Å². The fourth-order valence-corrected chi connectivity index (χ4v) is 5.99. The second-order valence-corrected chi connectivity index (χ2v) is 11.4. The van der Waals surface area contributed by atoms with Crippen molar-refractivity contribution < 1.29 is 28.7 Å². The van der Waals surface area contributed by atoms with Gasteiger partial charge in [-0.1, -0.05) is 42.5 Å². The molecule has 6 aromatic rings. The van der Waals surface area contributed by atoms with Crippen LogP contribution in [0.4, 0.5) is 11.4 Å². The van der Waals surface area contributed by atoms with Crippen molar-refractivity contribution in [1.82, 2.24) is 4.98 Å². The number of rotatable bonds is 8. The van der Waals surface area contributed by atoms with E-state index in [0.29, 0.717) is 34.4 Å². The van der Waals surface area contributed by atoms with Crippen LogP contribution in [-0.4, -0.2) is 28.6 Å². The number of carbonyl (C=O) groups excluding carboxylic acids is 4. The summed E-state index contributed by atoms with van der Waals surface area (Å²) >= 11 is 0. The molecule has 0 saturated heterocycles. The van der Waals surface area contributed by atoms with Crippen LogP contribution in [0.1, 0.15) is 0 Å². The molecule has 236 valence electrons. The Morgan fingerprint density at radius 2 is 0.918 bits per heavy atom. The second kappa shape index (κ2) is 12.0. The van der Waals surface area contributed by atoms with Gasteiger partial charge in [0.15, 0.2) is 0 Å². The van der Waals surface area contributed by atoms with Gasteiger partial charge in [-0.15, -0.1) is 0 Å². The number of aromatic nitrogens is 1. The smallest absolute Gasteiger partial charge is 0.258 e. The lowest BCUT2D eigenvalue weighted by Gasteiger charge is -2.15. The highest BCUT2D eigenvalue weighted by Gasteiger charge is 2.26. The second-order valence-electron chi connectivity index (χ2n) is 11.4. The molecule has 1 aromatic heterocycles. The summed E-state index contributed by atoms with van der Waals surface area (Å²) in [7, 11) is 0. The van der Waals surface area contributed by atoms with Crippen LogP contribution in [0, 0.1) is 0 Å². The van der Waals surface area contributed by atoms with E-state index in [0.717, 1.165) is 43.1 Å². The Bertz CT molecular complexity index is 2330. The number of aromatic amines is 1. The molecular weight excluding hydrogens is 618 g/mol. The number of hydrogen-bond acceptors (Lipinski definition) is 6. The summed E-state index contributed by atoms with van der Waals surface area (Å²) in [5, 5.41) is 1.06. The Morgan fingerprint density at radius 1 is 0.449 bits per heavy atom. The molecule has 4 amide bonds. The van der Waals surface area contributed by atoms with Crippen molar-refractivity contribution in [1.29, 1.82) is 0 Å². The zero-order valence-corrected chi connectivity index (χ0v) is 25.7. The number of H-pyrrole nitrogens is 1. The third-order valence-corrected chi connectivity index (χ3v) is 8.23. The Morgan fingerprint density at radius 3 is 1.43 bits per heavy atom. The number of carbonyl (C=O) groups is 4. The highest BCUT2D eigenvalue weighted by Crippen LogP contribution is 2.40. The van der Waals surface area contributed by atoms with Crippen LogP contribution < -0.4 is 19.3 Å². The molecule has 5 aromatic carbocycles. The van der Waals surface area contributed by atoms with Crippen LogP contribution >= 0.6 is 0 Å². The third kappa shape index (κ3) is 5.55. The van der Waals surface area contributed by atoms with E-state index in [4.69, 9.17) is 9.47 Å². The van der Waals surface area contributed by atoms with Gasteiger partial charge in [0.1, 0.15) is 23.0 Å². The fraction of sp³-hybridized carbons (Fsp3) is 0. The molecule has 0 spiro atoms. The average Bonchev–Trinajstić information content (AvgIpc) is 3.78. The van der Waals surface area contributed by atoms with E-state index in [2.05, 4.69) is 11.1 Å². The maximum atomic E-state index is 12.1. The summed E-state index contributed by atoms with van der Waals surface area (Å²) in [6, 6.07) is 37.2. The number of nitrogens with one attached hydrogen (secondary N) is 1. The first-order valence-electron chi connectivity index (χ1n) is 15.4. The lowest BCUT2D eigenvalue weighted by molar-refractivity contribution is -0.121. The van der Waals surface area contributed by atoms with Gasteiger partial charge >= 0.3 is 0 Å². The van der Waals surface area contributed by atoms with E-state index in [9.17, 15) is 19.2 Å². The highest BCUT2D eigenvalue weighted by molar-refractivity contribution is 6.28. The van der Waals surface area contributed by atoms with Gasteiger partial charge in [-0.2, -0.15) is 0 Å². The molecule has 0 unspecified atom stereocenters. The minimum Gasteiger partial charge on any atom is -0.457 e. The summed E-state index contributed by atoms with van der Waals surface area (Å²) < 4.78 is 12.2. The fourth-order valence-electron chi connectivity index (χ4n) is 5.99. The van der Waals surface area contributed by atoms with Gasteiger partial charge in [-0.25, -0.2) is 9.80 Å². The number of amides is 4. The summed E-state index contributed by atoms with van der Waals surface area (Å²) in [6.07, 6.45) is 4.99. The van der Waals surface area contributed by atoms with E-state index in [1.54, 1.807) is 48.5 Å². The third-order valence-electron chi connectivity index (χ3n) is 8.23. The van der Waals surface area contributed by atoms with Crippen molar-refractivity contribution in [2.75, 3.05) is 9.80 Å². The van der Waals surface area contributed by atoms with E-state index in [-0.39, 0.29) is 23.6 Å². The van der Waals surface area contributed by atoms with Crippen molar-refractivity contribution in [3.8, 4) is 45.4 Å². The van der Waals surface area contributed by atoms with Crippen molar-refractivity contribution >= 4 is 45.9 Å². The van der Waals surface area contributed by atoms with Gasteiger partial charge in [0.25, 0.3) is 23.6 Å². The lowest BCUT2D eigenvalue weighted by atomic mass is 9.98. The predicted molar refractivity (Wildman–Crippen MR) is 185 cm³/mol. The molecule has 9 heteroatoms. The molecule has 9 nitrogen and oxygen atoms in total. The number of para-hydroxylation sites is 1. The van der Waals surface area contributed by atoms with Crippen LogP contribution in [0.3, 0.4) is 0 Å². The van der Waals surface area contributed by atoms with Crippen molar-refractivity contribution in [3.63, 3.8) is 0 Å². The van der Waals surface area contributed by atoms with Gasteiger partial charge in [-0.05, 0) is 77.9 Å². The first kappa shape index (κ1) is 29.4. The zero-order valence-electron chi connectivity index (χ0n) is 25.7. The number of anilines is 2. The Hall–Kier alpha value is -7.00. The molecule has 0 atom stereocenters. The van der Waals surface area contributed by atoms with Gasteiger partial charge in [0.05, 0.1) is 17.1 Å². The van der Waals surface area contributed by atoms with Gasteiger partial charge < -0.3 is 14.5 Å². The summed E-state index contributed by atoms with van der Waals surface area (Å²) in [4.78, 5) is 54.3. The lowest BCUT2D eigenvalue weighted by Crippen LogP contribution is -2.29. The van der Waals surface area contributed by atoms with Crippen LogP contribution in [0.2, 0.25) is 0 Å². The molecule has 3 heterocycles. The summed E-state index contributed by atoms with van der Waals surface area (Å²) in [5.41, 5.74) is 5.75. The first-order valence-corrected chi connectivity index (χ1v) is 15.4. The molecule has 0 fully saturated rings. The quantitative estimate of drug-likeness (QED) is 0.169. The van der Waals surface area contributed by atoms with Crippen LogP contribution in [0.5, 0.6) is 23.0 Å². The average molecular weight is 644 g/mol. The number of hydrogen-bond donors (Lipinski definition) is 1. The molecule has 0 radical (unpaired) electrons. The molecule has 8 rings (SSSR count). The van der Waals surface area contributed by atoms with Crippen LogP contribution in [0.25, 0.3) is 33.3 Å².